The average Bonchev–Trinajstić information content (AvgIpc) is 2.07. The molecule has 0 radical (unpaired) electrons. The molecule has 0 aliphatic rings. The molecule has 0 saturated heterocycles. The minimum atomic E-state index is -0.575. The van der Waals surface area contributed by atoms with Crippen molar-refractivity contribution in [2.24, 2.45) is 0 Å². The van der Waals surface area contributed by atoms with Gasteiger partial charge in [0.25, 0.3) is 5.69 Å². The average molecular weight is 196 g/mol. The molecule has 1 aromatic rings. The summed E-state index contributed by atoms with van der Waals surface area (Å²) in [6.07, 6.45) is 0. The number of ether oxygens (including phenoxy) is 1. The van der Waals surface area contributed by atoms with Crippen molar-refractivity contribution >= 4 is 17.3 Å². The predicted octanol–water partition coefficient (Wildman–Crippen LogP) is 1.10. The summed E-state index contributed by atoms with van der Waals surface area (Å²) in [5.74, 6) is -0.395. The minimum absolute atomic E-state index is 0.0643. The standard InChI is InChI=1S/C8H8N2O4/c1-5(11)14-8-3-2-6(10(12)13)4-7(8)9/h2-4H,9H2,1H3. The largest absolute Gasteiger partial charge is 0.425 e. The first-order valence-corrected chi connectivity index (χ1v) is 3.73. The molecule has 0 saturated carbocycles. The third-order valence-corrected chi connectivity index (χ3v) is 1.46. The molecular formula is C8H8N2O4. The molecule has 0 spiro atoms. The fraction of sp³-hybridized carbons (Fsp3) is 0.125. The normalized spacial score (nSPS) is 9.50. The molecule has 0 amide bonds. The number of nitrogen functional groups attached to an aromatic ring is 1. The third-order valence-electron chi connectivity index (χ3n) is 1.46. The molecule has 6 nitrogen and oxygen atoms in total. The zero-order valence-corrected chi connectivity index (χ0v) is 7.39. The van der Waals surface area contributed by atoms with Crippen molar-refractivity contribution < 1.29 is 14.5 Å². The van der Waals surface area contributed by atoms with Gasteiger partial charge in [0.05, 0.1) is 10.6 Å². The van der Waals surface area contributed by atoms with E-state index in [9.17, 15) is 14.9 Å². The summed E-state index contributed by atoms with van der Waals surface area (Å²) in [6.45, 7) is 1.22. The molecule has 0 heterocycles. The molecule has 0 unspecified atom stereocenters. The van der Waals surface area contributed by atoms with Gasteiger partial charge in [0.15, 0.2) is 5.75 Å². The highest BCUT2D eigenvalue weighted by Crippen LogP contribution is 2.26. The van der Waals surface area contributed by atoms with Crippen LogP contribution in [0.25, 0.3) is 0 Å². The van der Waals surface area contributed by atoms with Crippen LogP contribution < -0.4 is 10.5 Å². The van der Waals surface area contributed by atoms with E-state index in [1.807, 2.05) is 0 Å². The fourth-order valence-corrected chi connectivity index (χ4v) is 0.897. The van der Waals surface area contributed by atoms with E-state index in [1.165, 1.54) is 19.1 Å². The number of nitro benzene ring substituents is 1. The van der Waals surface area contributed by atoms with Crippen LogP contribution >= 0.6 is 0 Å². The van der Waals surface area contributed by atoms with Crippen molar-refractivity contribution in [2.75, 3.05) is 5.73 Å². The first-order chi connectivity index (χ1) is 6.50. The number of hydrogen-bond acceptors (Lipinski definition) is 5. The van der Waals surface area contributed by atoms with Gasteiger partial charge in [-0.2, -0.15) is 0 Å². The van der Waals surface area contributed by atoms with E-state index in [-0.39, 0.29) is 17.1 Å². The van der Waals surface area contributed by atoms with Gasteiger partial charge in [-0.25, -0.2) is 0 Å². The number of benzene rings is 1. The smallest absolute Gasteiger partial charge is 0.308 e. The molecular weight excluding hydrogens is 188 g/mol. The molecule has 0 atom stereocenters. The SMILES string of the molecule is CC(=O)Oc1ccc([N+](=O)[O-])cc1N. The Labute approximate surface area is 79.4 Å². The Hall–Kier alpha value is -2.11. The molecule has 1 aromatic carbocycles. The Morgan fingerprint density at radius 2 is 2.21 bits per heavy atom. The van der Waals surface area contributed by atoms with E-state index in [2.05, 4.69) is 0 Å². The lowest BCUT2D eigenvalue weighted by Gasteiger charge is -2.03. The molecule has 0 aliphatic carbocycles. The summed E-state index contributed by atoms with van der Waals surface area (Å²) in [5, 5.41) is 10.3. The molecule has 1 rings (SSSR count). The summed E-state index contributed by atoms with van der Waals surface area (Å²) in [5.41, 5.74) is 5.35. The number of rotatable bonds is 2. The molecule has 0 aliphatic heterocycles. The van der Waals surface area contributed by atoms with Gasteiger partial charge in [-0.05, 0) is 6.07 Å². The molecule has 2 N–H and O–H groups in total. The molecule has 0 bridgehead atoms. The van der Waals surface area contributed by atoms with Gasteiger partial charge < -0.3 is 10.5 Å². The quantitative estimate of drug-likeness (QED) is 0.251. The van der Waals surface area contributed by atoms with Crippen molar-refractivity contribution in [3.63, 3.8) is 0 Å². The highest BCUT2D eigenvalue weighted by molar-refractivity contribution is 5.72. The van der Waals surface area contributed by atoms with Crippen molar-refractivity contribution in [1.29, 1.82) is 0 Å². The maximum absolute atomic E-state index is 10.6. The lowest BCUT2D eigenvalue weighted by molar-refractivity contribution is -0.384. The van der Waals surface area contributed by atoms with Crippen LogP contribution in [0.3, 0.4) is 0 Å². The van der Waals surface area contributed by atoms with Crippen molar-refractivity contribution in [2.45, 2.75) is 6.92 Å². The van der Waals surface area contributed by atoms with Crippen LogP contribution in [-0.4, -0.2) is 10.9 Å². The number of esters is 1. The third kappa shape index (κ3) is 2.19. The van der Waals surface area contributed by atoms with E-state index in [0.29, 0.717) is 0 Å². The topological polar surface area (TPSA) is 95.5 Å². The second kappa shape index (κ2) is 3.73. The fourth-order valence-electron chi connectivity index (χ4n) is 0.897. The monoisotopic (exact) mass is 196 g/mol. The number of carbonyl (C=O) groups excluding carboxylic acids is 1. The van der Waals surface area contributed by atoms with Gasteiger partial charge in [-0.1, -0.05) is 0 Å². The van der Waals surface area contributed by atoms with Gasteiger partial charge in [-0.15, -0.1) is 0 Å². The number of non-ortho nitro benzene ring substituents is 1. The Morgan fingerprint density at radius 3 is 2.64 bits per heavy atom. The Morgan fingerprint density at radius 1 is 1.57 bits per heavy atom. The second-order valence-corrected chi connectivity index (χ2v) is 2.57. The summed E-state index contributed by atoms with van der Waals surface area (Å²) in [4.78, 5) is 20.3. The molecule has 14 heavy (non-hydrogen) atoms. The van der Waals surface area contributed by atoms with Crippen molar-refractivity contribution in [1.82, 2.24) is 0 Å². The van der Waals surface area contributed by atoms with Crippen molar-refractivity contribution in [3.8, 4) is 5.75 Å². The van der Waals surface area contributed by atoms with Crippen LogP contribution in [0.1, 0.15) is 6.92 Å². The van der Waals surface area contributed by atoms with Crippen LogP contribution in [0, 0.1) is 10.1 Å². The number of nitrogens with zero attached hydrogens (tertiary/aromatic N) is 1. The summed E-state index contributed by atoms with van der Waals surface area (Å²) >= 11 is 0. The van der Waals surface area contributed by atoms with Gasteiger partial charge >= 0.3 is 5.97 Å². The van der Waals surface area contributed by atoms with Gasteiger partial charge in [0, 0.05) is 19.1 Å². The van der Waals surface area contributed by atoms with E-state index in [1.54, 1.807) is 0 Å². The summed E-state index contributed by atoms with van der Waals surface area (Å²) < 4.78 is 4.69. The van der Waals surface area contributed by atoms with E-state index >= 15 is 0 Å². The Bertz CT molecular complexity index is 389. The van der Waals surface area contributed by atoms with E-state index in [0.717, 1.165) is 6.07 Å². The first kappa shape index (κ1) is 9.97. The number of nitro groups is 1. The van der Waals surface area contributed by atoms with Crippen LogP contribution in [-0.2, 0) is 4.79 Å². The number of anilines is 1. The van der Waals surface area contributed by atoms with Crippen LogP contribution in [0.2, 0.25) is 0 Å². The van der Waals surface area contributed by atoms with Crippen LogP contribution in [0.5, 0.6) is 5.75 Å². The number of hydrogen-bond donors (Lipinski definition) is 1. The predicted molar refractivity (Wildman–Crippen MR) is 48.8 cm³/mol. The van der Waals surface area contributed by atoms with Crippen LogP contribution in [0.4, 0.5) is 11.4 Å². The maximum Gasteiger partial charge on any atom is 0.308 e. The van der Waals surface area contributed by atoms with E-state index in [4.69, 9.17) is 10.5 Å². The van der Waals surface area contributed by atoms with Crippen molar-refractivity contribution in [3.05, 3.63) is 28.3 Å². The number of carbonyl (C=O) groups is 1. The Balaban J connectivity index is 3.01. The highest BCUT2D eigenvalue weighted by Gasteiger charge is 2.10. The molecule has 0 aromatic heterocycles. The van der Waals surface area contributed by atoms with E-state index < -0.39 is 10.9 Å². The lowest BCUT2D eigenvalue weighted by atomic mass is 10.2. The minimum Gasteiger partial charge on any atom is -0.425 e. The zero-order chi connectivity index (χ0) is 10.7. The Kier molecular flexibility index (Phi) is 2.66. The molecule has 0 fully saturated rings. The maximum atomic E-state index is 10.6. The molecule has 6 heteroatoms. The summed E-state index contributed by atoms with van der Waals surface area (Å²) in [6, 6.07) is 3.64. The van der Waals surface area contributed by atoms with Crippen LogP contribution in [0.15, 0.2) is 18.2 Å². The first-order valence-electron chi connectivity index (χ1n) is 3.73. The number of nitrogens with two attached hydrogens (primary N) is 1. The van der Waals surface area contributed by atoms with Gasteiger partial charge in [0.2, 0.25) is 0 Å². The second-order valence-electron chi connectivity index (χ2n) is 2.57. The molecule has 74 valence electrons. The van der Waals surface area contributed by atoms with Gasteiger partial charge in [-0.3, -0.25) is 14.9 Å². The summed E-state index contributed by atoms with van der Waals surface area (Å²) in [7, 11) is 0. The lowest BCUT2D eigenvalue weighted by Crippen LogP contribution is -2.04. The van der Waals surface area contributed by atoms with Gasteiger partial charge in [0.1, 0.15) is 0 Å². The zero-order valence-electron chi connectivity index (χ0n) is 7.39. The highest BCUT2D eigenvalue weighted by atomic mass is 16.6.